The van der Waals surface area contributed by atoms with Crippen molar-refractivity contribution in [2.75, 3.05) is 11.3 Å². The summed E-state index contributed by atoms with van der Waals surface area (Å²) in [6.07, 6.45) is 0. The zero-order valence-electron chi connectivity index (χ0n) is 15.8. The number of rotatable bonds is 4. The molecular weight excluding hydrogens is 406 g/mol. The van der Waals surface area contributed by atoms with E-state index >= 15 is 0 Å². The first-order valence-electron chi connectivity index (χ1n) is 9.00. The molecule has 1 aliphatic carbocycles. The van der Waals surface area contributed by atoms with Gasteiger partial charge in [-0.1, -0.05) is 30.3 Å². The molecule has 0 atom stereocenters. The predicted molar refractivity (Wildman–Crippen MR) is 110 cm³/mol. The minimum atomic E-state index is -3.98. The van der Waals surface area contributed by atoms with Crippen molar-refractivity contribution < 1.29 is 28.2 Å². The van der Waals surface area contributed by atoms with Gasteiger partial charge in [0.1, 0.15) is 11.7 Å². The SMILES string of the molecule is Cc1ccc(Nc2ccc(O)c3c2C(=O)c2ccccc2C3=O)c(S(=O)(=O)CO)c1. The number of hydrogen-bond donors (Lipinski definition) is 3. The number of aliphatic hydroxyl groups excluding tert-OH is 1. The van der Waals surface area contributed by atoms with E-state index in [9.17, 15) is 28.2 Å². The van der Waals surface area contributed by atoms with Crippen LogP contribution in [0.25, 0.3) is 0 Å². The number of fused-ring (bicyclic) bond motifs is 2. The Morgan fingerprint density at radius 3 is 2.10 bits per heavy atom. The molecule has 0 unspecified atom stereocenters. The zero-order valence-corrected chi connectivity index (χ0v) is 16.7. The summed E-state index contributed by atoms with van der Waals surface area (Å²) in [6, 6.07) is 13.6. The predicted octanol–water partition coefficient (Wildman–Crippen LogP) is 2.94. The normalized spacial score (nSPS) is 13.0. The molecule has 0 saturated heterocycles. The molecule has 8 heteroatoms. The number of phenolic OH excluding ortho intramolecular Hbond substituents is 1. The highest BCUT2D eigenvalue weighted by Crippen LogP contribution is 2.38. The zero-order chi connectivity index (χ0) is 21.6. The number of hydrogen-bond acceptors (Lipinski definition) is 7. The summed E-state index contributed by atoms with van der Waals surface area (Å²) in [5.41, 5.74) is 1.21. The Kier molecular flexibility index (Phi) is 4.68. The number of phenols is 1. The van der Waals surface area contributed by atoms with Gasteiger partial charge in [-0.2, -0.15) is 0 Å². The minimum Gasteiger partial charge on any atom is -0.507 e. The average molecular weight is 423 g/mol. The number of aryl methyl sites for hydroxylation is 1. The van der Waals surface area contributed by atoms with Crippen molar-refractivity contribution in [3.63, 3.8) is 0 Å². The standard InChI is InChI=1S/C22H17NO6S/c1-12-6-7-15(18(10-12)30(28,29)11-24)23-16-8-9-17(25)20-19(16)21(26)13-4-2-3-5-14(13)22(20)27/h2-10,23-25H,11H2,1H3. The van der Waals surface area contributed by atoms with Gasteiger partial charge in [-0.25, -0.2) is 8.42 Å². The van der Waals surface area contributed by atoms with Gasteiger partial charge in [0, 0.05) is 11.1 Å². The summed E-state index contributed by atoms with van der Waals surface area (Å²) in [5, 5.41) is 22.5. The maximum absolute atomic E-state index is 13.1. The number of aromatic hydroxyl groups is 1. The van der Waals surface area contributed by atoms with Gasteiger partial charge in [-0.3, -0.25) is 9.59 Å². The molecule has 7 nitrogen and oxygen atoms in total. The molecule has 0 aliphatic heterocycles. The Morgan fingerprint density at radius 1 is 0.867 bits per heavy atom. The van der Waals surface area contributed by atoms with Crippen LogP contribution in [0.3, 0.4) is 0 Å². The van der Waals surface area contributed by atoms with E-state index in [1.807, 2.05) is 0 Å². The summed E-state index contributed by atoms with van der Waals surface area (Å²) in [5.74, 6) is -2.37. The highest BCUT2D eigenvalue weighted by atomic mass is 32.2. The Hall–Kier alpha value is -3.49. The largest absolute Gasteiger partial charge is 0.507 e. The van der Waals surface area contributed by atoms with Crippen LogP contribution in [0.4, 0.5) is 11.4 Å². The highest BCUT2D eigenvalue weighted by molar-refractivity contribution is 7.91. The molecule has 152 valence electrons. The molecule has 3 N–H and O–H groups in total. The van der Waals surface area contributed by atoms with Gasteiger partial charge in [-0.05, 0) is 36.8 Å². The molecule has 0 spiro atoms. The van der Waals surface area contributed by atoms with E-state index in [4.69, 9.17) is 0 Å². The van der Waals surface area contributed by atoms with Crippen LogP contribution in [0.5, 0.6) is 5.75 Å². The molecule has 0 saturated carbocycles. The number of ketones is 2. The Morgan fingerprint density at radius 2 is 1.47 bits per heavy atom. The van der Waals surface area contributed by atoms with Crippen LogP contribution < -0.4 is 5.32 Å². The average Bonchev–Trinajstić information content (AvgIpc) is 2.74. The van der Waals surface area contributed by atoms with Crippen molar-refractivity contribution in [3.05, 3.63) is 82.4 Å². The lowest BCUT2D eigenvalue weighted by molar-refractivity contribution is 0.0977. The minimum absolute atomic E-state index is 0.0355. The van der Waals surface area contributed by atoms with Crippen LogP contribution >= 0.6 is 0 Å². The van der Waals surface area contributed by atoms with Gasteiger partial charge in [-0.15, -0.1) is 0 Å². The van der Waals surface area contributed by atoms with Crippen molar-refractivity contribution in [1.29, 1.82) is 0 Å². The third-order valence-electron chi connectivity index (χ3n) is 4.97. The number of carbonyl (C=O) groups is 2. The summed E-state index contributed by atoms with van der Waals surface area (Å²) in [4.78, 5) is 25.9. The van der Waals surface area contributed by atoms with E-state index in [-0.39, 0.29) is 44.3 Å². The molecular formula is C22H17NO6S. The molecule has 0 radical (unpaired) electrons. The quantitative estimate of drug-likeness (QED) is 0.432. The van der Waals surface area contributed by atoms with Gasteiger partial charge in [0.25, 0.3) is 0 Å². The molecule has 3 aromatic rings. The van der Waals surface area contributed by atoms with Crippen LogP contribution in [-0.4, -0.2) is 36.1 Å². The highest BCUT2D eigenvalue weighted by Gasteiger charge is 2.34. The molecule has 4 rings (SSSR count). The maximum Gasteiger partial charge on any atom is 0.204 e. The molecule has 0 aromatic heterocycles. The van der Waals surface area contributed by atoms with Crippen LogP contribution in [0.15, 0.2) is 59.5 Å². The van der Waals surface area contributed by atoms with Crippen LogP contribution in [0.1, 0.15) is 37.4 Å². The van der Waals surface area contributed by atoms with E-state index in [0.29, 0.717) is 5.56 Å². The van der Waals surface area contributed by atoms with Crippen molar-refractivity contribution in [2.24, 2.45) is 0 Å². The van der Waals surface area contributed by atoms with Gasteiger partial charge < -0.3 is 15.5 Å². The van der Waals surface area contributed by atoms with E-state index in [2.05, 4.69) is 5.32 Å². The second kappa shape index (κ2) is 7.08. The summed E-state index contributed by atoms with van der Waals surface area (Å²) in [6.45, 7) is 1.71. The molecule has 0 fully saturated rings. The maximum atomic E-state index is 13.1. The first-order valence-corrected chi connectivity index (χ1v) is 10.7. The first-order chi connectivity index (χ1) is 14.2. The van der Waals surface area contributed by atoms with Gasteiger partial charge in [0.2, 0.25) is 9.84 Å². The topological polar surface area (TPSA) is 121 Å². The monoisotopic (exact) mass is 423 g/mol. The molecule has 1 aliphatic rings. The summed E-state index contributed by atoms with van der Waals surface area (Å²) < 4.78 is 24.7. The van der Waals surface area contributed by atoms with Crippen molar-refractivity contribution >= 4 is 32.8 Å². The number of aliphatic hydroxyl groups is 1. The lowest BCUT2D eigenvalue weighted by atomic mass is 9.82. The Balaban J connectivity index is 1.91. The Labute approximate surface area is 172 Å². The summed E-state index contributed by atoms with van der Waals surface area (Å²) >= 11 is 0. The lowest BCUT2D eigenvalue weighted by Gasteiger charge is -2.22. The molecule has 3 aromatic carbocycles. The third-order valence-corrected chi connectivity index (χ3v) is 6.31. The second-order valence-corrected chi connectivity index (χ2v) is 8.88. The first kappa shape index (κ1) is 19.8. The Bertz CT molecular complexity index is 1330. The molecule has 0 heterocycles. The van der Waals surface area contributed by atoms with Crippen LogP contribution in [0, 0.1) is 6.92 Å². The fraction of sp³-hybridized carbons (Fsp3) is 0.0909. The fourth-order valence-corrected chi connectivity index (χ4v) is 4.47. The van der Waals surface area contributed by atoms with Gasteiger partial charge in [0.15, 0.2) is 11.6 Å². The number of benzene rings is 3. The van der Waals surface area contributed by atoms with Crippen molar-refractivity contribution in [2.45, 2.75) is 11.8 Å². The van der Waals surface area contributed by atoms with E-state index in [1.54, 1.807) is 25.1 Å². The summed E-state index contributed by atoms with van der Waals surface area (Å²) in [7, 11) is -3.98. The number of nitrogens with one attached hydrogen (secondary N) is 1. The van der Waals surface area contributed by atoms with E-state index in [0.717, 1.165) is 0 Å². The lowest BCUT2D eigenvalue weighted by Crippen LogP contribution is -2.22. The molecule has 0 amide bonds. The van der Waals surface area contributed by atoms with Crippen LogP contribution in [-0.2, 0) is 9.84 Å². The van der Waals surface area contributed by atoms with Gasteiger partial charge >= 0.3 is 0 Å². The van der Waals surface area contributed by atoms with Crippen molar-refractivity contribution in [3.8, 4) is 5.75 Å². The van der Waals surface area contributed by atoms with E-state index < -0.39 is 27.3 Å². The van der Waals surface area contributed by atoms with Gasteiger partial charge in [0.05, 0.1) is 27.4 Å². The van der Waals surface area contributed by atoms with Crippen LogP contribution in [0.2, 0.25) is 0 Å². The number of carbonyl (C=O) groups excluding carboxylic acids is 2. The van der Waals surface area contributed by atoms with E-state index in [1.165, 1.54) is 36.4 Å². The smallest absolute Gasteiger partial charge is 0.204 e. The third kappa shape index (κ3) is 3.06. The number of anilines is 2. The fourth-order valence-electron chi connectivity index (χ4n) is 3.51. The van der Waals surface area contributed by atoms with Crippen molar-refractivity contribution in [1.82, 2.24) is 0 Å². The number of sulfone groups is 1. The second-order valence-electron chi connectivity index (χ2n) is 6.95. The molecule has 0 bridgehead atoms. The molecule has 30 heavy (non-hydrogen) atoms.